The summed E-state index contributed by atoms with van der Waals surface area (Å²) in [5, 5.41) is 9.11. The van der Waals surface area contributed by atoms with Crippen LogP contribution in [0.4, 0.5) is 0 Å². The van der Waals surface area contributed by atoms with Crippen molar-refractivity contribution in [2.45, 2.75) is 31.7 Å². The molecular formula is C27H34ClN3O3. The Morgan fingerprint density at radius 1 is 0.882 bits per heavy atom. The number of aldehydes is 1. The zero-order valence-electron chi connectivity index (χ0n) is 19.3. The van der Waals surface area contributed by atoms with Crippen LogP contribution in [0.3, 0.4) is 0 Å². The summed E-state index contributed by atoms with van der Waals surface area (Å²) in [5.41, 5.74) is 20.0. The van der Waals surface area contributed by atoms with Crippen LogP contribution in [0.1, 0.15) is 35.2 Å². The Balaban J connectivity index is 0.000000262. The van der Waals surface area contributed by atoms with Crippen LogP contribution in [-0.4, -0.2) is 36.5 Å². The van der Waals surface area contributed by atoms with Gasteiger partial charge in [0.2, 0.25) is 0 Å². The number of halogens is 1. The maximum atomic E-state index is 10.5. The van der Waals surface area contributed by atoms with Gasteiger partial charge in [0, 0.05) is 10.6 Å². The molecule has 3 aromatic carbocycles. The monoisotopic (exact) mass is 483 g/mol. The average molecular weight is 484 g/mol. The standard InChI is InChI=1S/C13H10O.C8H10ClN.C6H14N2O2/c14-10-11-6-8-13(9-7-11)12-4-2-1-3-5-12;9-8-3-1-2-7(6-8)4-5-10;7-4-2-1-3-5(8)6(9)10/h1-10H;1-3,6H,4-5,10H2;5H,1-4,7-8H2,(H,9,10)/t;;5-/m..0/s1. The van der Waals surface area contributed by atoms with Gasteiger partial charge in [0.05, 0.1) is 0 Å². The summed E-state index contributed by atoms with van der Waals surface area (Å²) in [6.45, 7) is 1.28. The molecular weight excluding hydrogens is 450 g/mol. The van der Waals surface area contributed by atoms with E-state index in [0.717, 1.165) is 36.1 Å². The van der Waals surface area contributed by atoms with Crippen LogP contribution in [0, 0.1) is 0 Å². The average Bonchev–Trinajstić information content (AvgIpc) is 2.86. The first-order valence-electron chi connectivity index (χ1n) is 11.1. The van der Waals surface area contributed by atoms with E-state index in [1.165, 1.54) is 11.1 Å². The molecule has 0 radical (unpaired) electrons. The molecule has 0 heterocycles. The molecule has 0 bridgehead atoms. The van der Waals surface area contributed by atoms with Crippen molar-refractivity contribution in [3.8, 4) is 11.1 Å². The molecule has 3 rings (SSSR count). The molecule has 1 atom stereocenters. The highest BCUT2D eigenvalue weighted by atomic mass is 35.5. The van der Waals surface area contributed by atoms with E-state index in [1.807, 2.05) is 66.7 Å². The van der Waals surface area contributed by atoms with Crippen molar-refractivity contribution >= 4 is 23.9 Å². The second-order valence-corrected chi connectivity index (χ2v) is 7.94. The SMILES string of the molecule is NCCCC[C@H](N)C(=O)O.NCCc1cccc(Cl)c1.O=Cc1ccc(-c2ccccc2)cc1. The van der Waals surface area contributed by atoms with Crippen LogP contribution in [0.2, 0.25) is 5.02 Å². The summed E-state index contributed by atoms with van der Waals surface area (Å²) in [4.78, 5) is 20.6. The number of carboxylic acids is 1. The molecule has 0 fully saturated rings. The van der Waals surface area contributed by atoms with Crippen LogP contribution in [0.25, 0.3) is 11.1 Å². The van der Waals surface area contributed by atoms with E-state index in [2.05, 4.69) is 12.1 Å². The van der Waals surface area contributed by atoms with Gasteiger partial charge in [-0.05, 0) is 61.2 Å². The minimum atomic E-state index is -0.933. The smallest absolute Gasteiger partial charge is 0.320 e. The highest BCUT2D eigenvalue weighted by molar-refractivity contribution is 6.30. The van der Waals surface area contributed by atoms with Crippen LogP contribution in [-0.2, 0) is 11.2 Å². The van der Waals surface area contributed by atoms with Gasteiger partial charge < -0.3 is 22.3 Å². The molecule has 182 valence electrons. The topological polar surface area (TPSA) is 132 Å². The van der Waals surface area contributed by atoms with Gasteiger partial charge in [0.1, 0.15) is 12.3 Å². The molecule has 3 aromatic rings. The normalized spacial score (nSPS) is 10.7. The molecule has 0 unspecified atom stereocenters. The van der Waals surface area contributed by atoms with Gasteiger partial charge in [-0.15, -0.1) is 0 Å². The highest BCUT2D eigenvalue weighted by Gasteiger charge is 2.09. The van der Waals surface area contributed by atoms with Gasteiger partial charge in [-0.25, -0.2) is 0 Å². The van der Waals surface area contributed by atoms with E-state index in [4.69, 9.17) is 33.9 Å². The molecule has 0 amide bonds. The Hall–Kier alpha value is -3.03. The number of carbonyl (C=O) groups is 2. The van der Waals surface area contributed by atoms with E-state index < -0.39 is 12.0 Å². The minimum absolute atomic E-state index is 0.520. The number of carboxylic acid groups (broad SMARTS) is 1. The van der Waals surface area contributed by atoms with E-state index in [1.54, 1.807) is 0 Å². The van der Waals surface area contributed by atoms with E-state index in [9.17, 15) is 9.59 Å². The fourth-order valence-corrected chi connectivity index (χ4v) is 3.09. The lowest BCUT2D eigenvalue weighted by Gasteiger charge is -2.03. The number of hydrogen-bond donors (Lipinski definition) is 4. The summed E-state index contributed by atoms with van der Waals surface area (Å²) >= 11 is 5.74. The molecule has 7 N–H and O–H groups in total. The van der Waals surface area contributed by atoms with Gasteiger partial charge >= 0.3 is 5.97 Å². The zero-order chi connectivity index (χ0) is 25.2. The van der Waals surface area contributed by atoms with Crippen molar-refractivity contribution in [3.63, 3.8) is 0 Å². The second kappa shape index (κ2) is 17.4. The zero-order valence-corrected chi connectivity index (χ0v) is 20.0. The summed E-state index contributed by atoms with van der Waals surface area (Å²) in [6.07, 6.45) is 3.92. The molecule has 7 heteroatoms. The number of rotatable bonds is 9. The number of hydrogen-bond acceptors (Lipinski definition) is 5. The number of aliphatic carboxylic acids is 1. The lowest BCUT2D eigenvalue weighted by Crippen LogP contribution is -2.29. The Morgan fingerprint density at radius 3 is 2.06 bits per heavy atom. The minimum Gasteiger partial charge on any atom is -0.480 e. The Kier molecular flexibility index (Phi) is 14.9. The first kappa shape index (κ1) is 29.0. The second-order valence-electron chi connectivity index (χ2n) is 7.50. The van der Waals surface area contributed by atoms with Crippen molar-refractivity contribution in [2.24, 2.45) is 17.2 Å². The van der Waals surface area contributed by atoms with Gasteiger partial charge in [0.25, 0.3) is 0 Å². The predicted octanol–water partition coefficient (Wildman–Crippen LogP) is 4.53. The summed E-state index contributed by atoms with van der Waals surface area (Å²) in [7, 11) is 0. The van der Waals surface area contributed by atoms with E-state index in [-0.39, 0.29) is 0 Å². The van der Waals surface area contributed by atoms with Crippen molar-refractivity contribution in [1.29, 1.82) is 0 Å². The number of nitrogens with two attached hydrogens (primary N) is 3. The first-order valence-corrected chi connectivity index (χ1v) is 11.5. The molecule has 0 aliphatic carbocycles. The molecule has 6 nitrogen and oxygen atoms in total. The van der Waals surface area contributed by atoms with E-state index in [0.29, 0.717) is 25.1 Å². The lowest BCUT2D eigenvalue weighted by molar-refractivity contribution is -0.138. The van der Waals surface area contributed by atoms with E-state index >= 15 is 0 Å². The molecule has 34 heavy (non-hydrogen) atoms. The van der Waals surface area contributed by atoms with Crippen LogP contribution >= 0.6 is 11.6 Å². The predicted molar refractivity (Wildman–Crippen MR) is 140 cm³/mol. The highest BCUT2D eigenvalue weighted by Crippen LogP contribution is 2.18. The molecule has 0 aliphatic heterocycles. The third-order valence-electron chi connectivity index (χ3n) is 4.76. The Bertz CT molecular complexity index is 966. The molecule has 0 aromatic heterocycles. The summed E-state index contributed by atoms with van der Waals surface area (Å²) in [6, 6.07) is 24.7. The quantitative estimate of drug-likeness (QED) is 0.261. The van der Waals surface area contributed by atoms with Crippen LogP contribution in [0.5, 0.6) is 0 Å². The maximum Gasteiger partial charge on any atom is 0.320 e. The Morgan fingerprint density at radius 2 is 1.53 bits per heavy atom. The first-order chi connectivity index (χ1) is 16.4. The largest absolute Gasteiger partial charge is 0.480 e. The summed E-state index contributed by atoms with van der Waals surface area (Å²) < 4.78 is 0. The van der Waals surface area contributed by atoms with Gasteiger partial charge in [-0.2, -0.15) is 0 Å². The number of benzene rings is 3. The van der Waals surface area contributed by atoms with Crippen molar-refractivity contribution in [3.05, 3.63) is 95.0 Å². The van der Waals surface area contributed by atoms with Gasteiger partial charge in [-0.3, -0.25) is 9.59 Å². The Labute approximate surface area is 206 Å². The fourth-order valence-electron chi connectivity index (χ4n) is 2.88. The maximum absolute atomic E-state index is 10.5. The van der Waals surface area contributed by atoms with Crippen LogP contribution < -0.4 is 17.2 Å². The molecule has 0 aliphatic rings. The van der Waals surface area contributed by atoms with Crippen LogP contribution in [0.15, 0.2) is 78.9 Å². The number of carbonyl (C=O) groups excluding carboxylic acids is 1. The molecule has 0 spiro atoms. The van der Waals surface area contributed by atoms with Gasteiger partial charge in [0.15, 0.2) is 0 Å². The third kappa shape index (κ3) is 12.3. The molecule has 0 saturated heterocycles. The third-order valence-corrected chi connectivity index (χ3v) is 5.00. The van der Waals surface area contributed by atoms with Gasteiger partial charge in [-0.1, -0.05) is 84.8 Å². The summed E-state index contributed by atoms with van der Waals surface area (Å²) in [5.74, 6) is -0.933. The number of unbranched alkanes of at least 4 members (excludes halogenated alkanes) is 1. The van der Waals surface area contributed by atoms with Crippen molar-refractivity contribution < 1.29 is 14.7 Å². The molecule has 0 saturated carbocycles. The van der Waals surface area contributed by atoms with Crippen molar-refractivity contribution in [1.82, 2.24) is 0 Å². The lowest BCUT2D eigenvalue weighted by atomic mass is 10.0. The fraction of sp³-hybridized carbons (Fsp3) is 0.259. The van der Waals surface area contributed by atoms with Crippen molar-refractivity contribution in [2.75, 3.05) is 13.1 Å².